The van der Waals surface area contributed by atoms with Crippen LogP contribution < -0.4 is 4.90 Å². The number of thioether (sulfide) groups is 1. The van der Waals surface area contributed by atoms with E-state index < -0.39 is 0 Å². The third kappa shape index (κ3) is 3.78. The predicted molar refractivity (Wildman–Crippen MR) is 72.7 cm³/mol. The van der Waals surface area contributed by atoms with E-state index in [4.69, 9.17) is 23.2 Å². The minimum Gasteiger partial charge on any atom is -0.374 e. The topological polar surface area (TPSA) is 3.24 Å². The van der Waals surface area contributed by atoms with Gasteiger partial charge in [0.25, 0.3) is 0 Å². The highest BCUT2D eigenvalue weighted by molar-refractivity contribution is 7.98. The van der Waals surface area contributed by atoms with Crippen molar-refractivity contribution in [3.63, 3.8) is 0 Å². The molecule has 0 unspecified atom stereocenters. The Morgan fingerprint density at radius 1 is 1.40 bits per heavy atom. The van der Waals surface area contributed by atoms with E-state index in [1.54, 1.807) is 0 Å². The summed E-state index contributed by atoms with van der Waals surface area (Å²) in [6.07, 6.45) is 2.11. The Balaban J connectivity index is 2.73. The van der Waals surface area contributed by atoms with Gasteiger partial charge in [0.05, 0.1) is 0 Å². The molecule has 1 rings (SSSR count). The van der Waals surface area contributed by atoms with Crippen LogP contribution in [0.4, 0.5) is 5.69 Å². The first kappa shape index (κ1) is 13.0. The lowest BCUT2D eigenvalue weighted by molar-refractivity contribution is 0.977. The molecule has 1 aromatic rings. The fraction of sp³-hybridized carbons (Fsp3) is 0.455. The van der Waals surface area contributed by atoms with Crippen molar-refractivity contribution in [2.24, 2.45) is 0 Å². The third-order valence-electron chi connectivity index (χ3n) is 2.25. The second kappa shape index (κ2) is 6.51. The van der Waals surface area contributed by atoms with E-state index in [0.29, 0.717) is 5.88 Å². The number of halogens is 2. The van der Waals surface area contributed by atoms with Crippen LogP contribution in [0.25, 0.3) is 0 Å². The van der Waals surface area contributed by atoms with Crippen molar-refractivity contribution in [2.75, 3.05) is 30.5 Å². The number of alkyl halides is 1. The minimum absolute atomic E-state index is 0.466. The third-order valence-corrected chi connectivity index (χ3v) is 3.48. The normalized spacial score (nSPS) is 10.4. The number of hydrogen-bond donors (Lipinski definition) is 0. The molecule has 0 aliphatic rings. The molecule has 0 amide bonds. The van der Waals surface area contributed by atoms with Gasteiger partial charge in [0.2, 0.25) is 0 Å². The molecule has 0 aliphatic carbocycles. The van der Waals surface area contributed by atoms with Crippen molar-refractivity contribution >= 4 is 40.7 Å². The molecule has 4 heteroatoms. The maximum Gasteiger partial charge on any atom is 0.0488 e. The molecule has 0 radical (unpaired) electrons. The molecule has 0 atom stereocenters. The van der Waals surface area contributed by atoms with Crippen LogP contribution in [-0.2, 0) is 5.88 Å². The lowest BCUT2D eigenvalue weighted by Crippen LogP contribution is -2.20. The Labute approximate surface area is 106 Å². The molecule has 84 valence electrons. The van der Waals surface area contributed by atoms with Crippen molar-refractivity contribution in [3.8, 4) is 0 Å². The first-order valence-electron chi connectivity index (χ1n) is 4.73. The Bertz CT molecular complexity index is 317. The van der Waals surface area contributed by atoms with Crippen molar-refractivity contribution < 1.29 is 0 Å². The maximum absolute atomic E-state index is 6.09. The molecule has 0 bridgehead atoms. The zero-order valence-corrected chi connectivity index (χ0v) is 11.3. The second-order valence-corrected chi connectivity index (χ2v) is 4.98. The first-order chi connectivity index (χ1) is 7.19. The fourth-order valence-corrected chi connectivity index (χ4v) is 2.24. The summed E-state index contributed by atoms with van der Waals surface area (Å²) in [5.41, 5.74) is 2.13. The molecule has 0 saturated heterocycles. The molecule has 0 aliphatic heterocycles. The summed E-state index contributed by atoms with van der Waals surface area (Å²) >= 11 is 13.7. The quantitative estimate of drug-likeness (QED) is 0.742. The lowest BCUT2D eigenvalue weighted by Gasteiger charge is -2.19. The number of rotatable bonds is 5. The van der Waals surface area contributed by atoms with E-state index in [0.717, 1.165) is 28.6 Å². The average Bonchev–Trinajstić information content (AvgIpc) is 2.25. The number of nitrogens with zero attached hydrogens (tertiary/aromatic N) is 1. The standard InChI is InChI=1S/C11H15Cl2NS/c1-14(5-6-15-2)10-4-3-9(8-12)11(13)7-10/h3-4,7H,5-6,8H2,1-2H3. The largest absolute Gasteiger partial charge is 0.374 e. The Kier molecular flexibility index (Phi) is 5.65. The Morgan fingerprint density at radius 2 is 2.13 bits per heavy atom. The van der Waals surface area contributed by atoms with E-state index in [-0.39, 0.29) is 0 Å². The molecule has 15 heavy (non-hydrogen) atoms. The molecule has 1 nitrogen and oxygen atoms in total. The van der Waals surface area contributed by atoms with E-state index in [1.165, 1.54) is 0 Å². The predicted octanol–water partition coefficient (Wildman–Crippen LogP) is 3.88. The summed E-state index contributed by atoms with van der Waals surface area (Å²) in [7, 11) is 2.07. The van der Waals surface area contributed by atoms with Crippen LogP contribution in [0, 0.1) is 0 Å². The van der Waals surface area contributed by atoms with Crippen molar-refractivity contribution in [3.05, 3.63) is 28.8 Å². The number of benzene rings is 1. The molecule has 0 saturated carbocycles. The van der Waals surface area contributed by atoms with Gasteiger partial charge in [-0.15, -0.1) is 11.6 Å². The van der Waals surface area contributed by atoms with Crippen molar-refractivity contribution in [1.29, 1.82) is 0 Å². The van der Waals surface area contributed by atoms with Gasteiger partial charge in [0.15, 0.2) is 0 Å². The summed E-state index contributed by atoms with van der Waals surface area (Å²) in [5.74, 6) is 1.58. The molecule has 0 aromatic heterocycles. The summed E-state index contributed by atoms with van der Waals surface area (Å²) < 4.78 is 0. The van der Waals surface area contributed by atoms with Gasteiger partial charge in [-0.3, -0.25) is 0 Å². The fourth-order valence-electron chi connectivity index (χ4n) is 1.24. The Hall–Kier alpha value is -0.0500. The van der Waals surface area contributed by atoms with Gasteiger partial charge in [-0.25, -0.2) is 0 Å². The highest BCUT2D eigenvalue weighted by atomic mass is 35.5. The average molecular weight is 264 g/mol. The van der Waals surface area contributed by atoms with Gasteiger partial charge in [0, 0.05) is 35.9 Å². The van der Waals surface area contributed by atoms with Crippen molar-refractivity contribution in [2.45, 2.75) is 5.88 Å². The molecule has 1 aromatic carbocycles. The van der Waals surface area contributed by atoms with Crippen LogP contribution >= 0.6 is 35.0 Å². The molecule has 0 fully saturated rings. The highest BCUT2D eigenvalue weighted by Crippen LogP contribution is 2.24. The van der Waals surface area contributed by atoms with Gasteiger partial charge in [-0.05, 0) is 24.0 Å². The molecule has 0 N–H and O–H groups in total. The van der Waals surface area contributed by atoms with Crippen LogP contribution in [-0.4, -0.2) is 25.6 Å². The SMILES string of the molecule is CSCCN(C)c1ccc(CCl)c(Cl)c1. The zero-order valence-electron chi connectivity index (χ0n) is 8.96. The van der Waals surface area contributed by atoms with E-state index >= 15 is 0 Å². The van der Waals surface area contributed by atoms with Gasteiger partial charge in [-0.2, -0.15) is 11.8 Å². The molecular weight excluding hydrogens is 249 g/mol. The van der Waals surface area contributed by atoms with Gasteiger partial charge in [0.1, 0.15) is 0 Å². The van der Waals surface area contributed by atoms with Crippen LogP contribution in [0.2, 0.25) is 5.02 Å². The minimum atomic E-state index is 0.466. The van der Waals surface area contributed by atoms with Crippen LogP contribution in [0.15, 0.2) is 18.2 Å². The lowest BCUT2D eigenvalue weighted by atomic mass is 10.2. The van der Waals surface area contributed by atoms with Crippen LogP contribution in [0.5, 0.6) is 0 Å². The van der Waals surface area contributed by atoms with Crippen LogP contribution in [0.3, 0.4) is 0 Å². The van der Waals surface area contributed by atoms with E-state index in [1.807, 2.05) is 23.9 Å². The highest BCUT2D eigenvalue weighted by Gasteiger charge is 2.04. The Morgan fingerprint density at radius 3 is 2.67 bits per heavy atom. The monoisotopic (exact) mass is 263 g/mol. The van der Waals surface area contributed by atoms with E-state index in [9.17, 15) is 0 Å². The molecule has 0 heterocycles. The number of hydrogen-bond acceptors (Lipinski definition) is 2. The summed E-state index contributed by atoms with van der Waals surface area (Å²) in [5, 5.41) is 0.749. The van der Waals surface area contributed by atoms with Crippen LogP contribution in [0.1, 0.15) is 5.56 Å². The summed E-state index contributed by atoms with van der Waals surface area (Å²) in [6, 6.07) is 6.02. The first-order valence-corrected chi connectivity index (χ1v) is 7.04. The number of anilines is 1. The molecular formula is C11H15Cl2NS. The molecule has 0 spiro atoms. The summed E-state index contributed by atoms with van der Waals surface area (Å²) in [4.78, 5) is 2.19. The zero-order chi connectivity index (χ0) is 11.3. The van der Waals surface area contributed by atoms with Gasteiger partial charge < -0.3 is 4.90 Å². The van der Waals surface area contributed by atoms with Gasteiger partial charge >= 0.3 is 0 Å². The maximum atomic E-state index is 6.09. The smallest absolute Gasteiger partial charge is 0.0488 e. The van der Waals surface area contributed by atoms with E-state index in [2.05, 4.69) is 24.3 Å². The summed E-state index contributed by atoms with van der Waals surface area (Å²) in [6.45, 7) is 1.03. The second-order valence-electron chi connectivity index (χ2n) is 3.32. The van der Waals surface area contributed by atoms with Gasteiger partial charge in [-0.1, -0.05) is 17.7 Å². The van der Waals surface area contributed by atoms with Crippen molar-refractivity contribution in [1.82, 2.24) is 0 Å².